The lowest BCUT2D eigenvalue weighted by molar-refractivity contribution is 0.0698. The number of nitrogens with zero attached hydrogens (tertiary/aromatic N) is 2. The van der Waals surface area contributed by atoms with Crippen LogP contribution in [0.25, 0.3) is 0 Å². The van der Waals surface area contributed by atoms with E-state index in [0.717, 1.165) is 17.4 Å². The Hall–Kier alpha value is -1.19. The molecule has 1 fully saturated rings. The van der Waals surface area contributed by atoms with Crippen LogP contribution in [0.3, 0.4) is 0 Å². The highest BCUT2D eigenvalue weighted by Crippen LogP contribution is 2.32. The Morgan fingerprint density at radius 2 is 1.76 bits per heavy atom. The molecule has 134 valence electrons. The summed E-state index contributed by atoms with van der Waals surface area (Å²) in [6.07, 6.45) is 0. The van der Waals surface area contributed by atoms with Gasteiger partial charge < -0.3 is 4.90 Å². The Bertz CT molecular complexity index is 909. The summed E-state index contributed by atoms with van der Waals surface area (Å²) in [6, 6.07) is 6.74. The van der Waals surface area contributed by atoms with Gasteiger partial charge in [-0.2, -0.15) is 4.31 Å². The molecule has 3 rings (SSSR count). The number of thiophene rings is 1. The van der Waals surface area contributed by atoms with E-state index in [-0.39, 0.29) is 37.0 Å². The minimum Gasteiger partial charge on any atom is -0.336 e. The van der Waals surface area contributed by atoms with Crippen LogP contribution >= 0.6 is 34.5 Å². The highest BCUT2D eigenvalue weighted by molar-refractivity contribution is 7.89. The average Bonchev–Trinajstić information content (AvgIpc) is 2.93. The van der Waals surface area contributed by atoms with Crippen molar-refractivity contribution >= 4 is 50.5 Å². The zero-order valence-corrected chi connectivity index (χ0v) is 15.9. The predicted octanol–water partition coefficient (Wildman–Crippen LogP) is 3.34. The maximum atomic E-state index is 13.8. The fraction of sp³-hybridized carbons (Fsp3) is 0.267. The van der Waals surface area contributed by atoms with Crippen LogP contribution in [0.1, 0.15) is 10.4 Å². The molecule has 1 aromatic carbocycles. The van der Waals surface area contributed by atoms with Gasteiger partial charge >= 0.3 is 0 Å². The minimum atomic E-state index is -3.94. The van der Waals surface area contributed by atoms with Gasteiger partial charge in [-0.25, -0.2) is 12.8 Å². The van der Waals surface area contributed by atoms with E-state index >= 15 is 0 Å². The minimum absolute atomic E-state index is 0.0812. The smallest absolute Gasteiger partial charge is 0.256 e. The third kappa shape index (κ3) is 3.68. The second kappa shape index (κ2) is 7.20. The first-order chi connectivity index (χ1) is 11.8. The third-order valence-electron chi connectivity index (χ3n) is 3.87. The number of halogens is 3. The Labute approximate surface area is 158 Å². The number of sulfonamides is 1. The zero-order valence-electron chi connectivity index (χ0n) is 12.8. The summed E-state index contributed by atoms with van der Waals surface area (Å²) in [5, 5.41) is 0. The zero-order chi connectivity index (χ0) is 18.2. The van der Waals surface area contributed by atoms with Crippen molar-refractivity contribution in [3.8, 4) is 0 Å². The quantitative estimate of drug-likeness (QED) is 0.761. The Morgan fingerprint density at radius 1 is 1.12 bits per heavy atom. The molecule has 5 nitrogen and oxygen atoms in total. The monoisotopic (exact) mass is 422 g/mol. The lowest BCUT2D eigenvalue weighted by Gasteiger charge is -2.34. The lowest BCUT2D eigenvalue weighted by Crippen LogP contribution is -2.50. The third-order valence-corrected chi connectivity index (χ3v) is 7.29. The topological polar surface area (TPSA) is 57.7 Å². The molecule has 10 heteroatoms. The first-order valence-electron chi connectivity index (χ1n) is 7.29. The highest BCUT2D eigenvalue weighted by Gasteiger charge is 2.32. The maximum Gasteiger partial charge on any atom is 0.256 e. The van der Waals surface area contributed by atoms with E-state index in [1.54, 1.807) is 0 Å². The lowest BCUT2D eigenvalue weighted by atomic mass is 10.2. The van der Waals surface area contributed by atoms with Crippen LogP contribution < -0.4 is 0 Å². The van der Waals surface area contributed by atoms with Crippen LogP contribution in [-0.4, -0.2) is 49.7 Å². The molecule has 0 N–H and O–H groups in total. The van der Waals surface area contributed by atoms with Gasteiger partial charge in [0.05, 0.1) is 9.90 Å². The van der Waals surface area contributed by atoms with Gasteiger partial charge in [0.2, 0.25) is 10.0 Å². The van der Waals surface area contributed by atoms with E-state index < -0.39 is 15.8 Å². The molecule has 2 aromatic rings. The van der Waals surface area contributed by atoms with Crippen molar-refractivity contribution in [1.29, 1.82) is 0 Å². The summed E-state index contributed by atoms with van der Waals surface area (Å²) in [4.78, 5) is 13.6. The van der Waals surface area contributed by atoms with Crippen LogP contribution in [0.15, 0.2) is 35.2 Å². The SMILES string of the molecule is O=C(c1cc(Cl)sc1Cl)N1CCN(S(=O)(=O)c2ccccc2F)CC1. The molecule has 0 unspecified atom stereocenters. The molecule has 0 atom stereocenters. The predicted molar refractivity (Wildman–Crippen MR) is 95.4 cm³/mol. The van der Waals surface area contributed by atoms with Gasteiger partial charge in [-0.15, -0.1) is 11.3 Å². The van der Waals surface area contributed by atoms with E-state index in [1.165, 1.54) is 33.5 Å². The molecule has 1 aliphatic heterocycles. The largest absolute Gasteiger partial charge is 0.336 e. The number of piperazine rings is 1. The van der Waals surface area contributed by atoms with E-state index in [2.05, 4.69) is 0 Å². The van der Waals surface area contributed by atoms with Crippen LogP contribution in [0, 0.1) is 5.82 Å². The van der Waals surface area contributed by atoms with Crippen LogP contribution in [0.4, 0.5) is 4.39 Å². The van der Waals surface area contributed by atoms with Gasteiger partial charge in [-0.05, 0) is 18.2 Å². The normalized spacial score (nSPS) is 16.2. The number of rotatable bonds is 3. The van der Waals surface area contributed by atoms with Gasteiger partial charge in [-0.3, -0.25) is 4.79 Å². The second-order valence-corrected chi connectivity index (χ2v) is 9.56. The van der Waals surface area contributed by atoms with Gasteiger partial charge in [0.15, 0.2) is 0 Å². The Morgan fingerprint density at radius 3 is 2.32 bits per heavy atom. The number of hydrogen-bond donors (Lipinski definition) is 0. The van der Waals surface area contributed by atoms with E-state index in [1.807, 2.05) is 0 Å². The van der Waals surface area contributed by atoms with E-state index in [4.69, 9.17) is 23.2 Å². The molecule has 0 saturated carbocycles. The molecular formula is C15H13Cl2FN2O3S2. The standard InChI is InChI=1S/C15H13Cl2FN2O3S2/c16-13-9-10(14(17)24-13)15(21)19-5-7-20(8-6-19)25(22,23)12-4-2-1-3-11(12)18/h1-4,9H,5-8H2. The van der Waals surface area contributed by atoms with Crippen molar-refractivity contribution in [2.45, 2.75) is 4.90 Å². The highest BCUT2D eigenvalue weighted by atomic mass is 35.5. The van der Waals surface area contributed by atoms with E-state index in [0.29, 0.717) is 14.2 Å². The molecule has 1 aromatic heterocycles. The van der Waals surface area contributed by atoms with Crippen molar-refractivity contribution in [3.63, 3.8) is 0 Å². The van der Waals surface area contributed by atoms with Gasteiger partial charge in [0.1, 0.15) is 15.0 Å². The van der Waals surface area contributed by atoms with Crippen molar-refractivity contribution in [2.75, 3.05) is 26.2 Å². The van der Waals surface area contributed by atoms with Crippen molar-refractivity contribution in [1.82, 2.24) is 9.21 Å². The van der Waals surface area contributed by atoms with Crippen molar-refractivity contribution < 1.29 is 17.6 Å². The van der Waals surface area contributed by atoms with Crippen molar-refractivity contribution in [3.05, 3.63) is 50.4 Å². The van der Waals surface area contributed by atoms with Crippen LogP contribution in [0.5, 0.6) is 0 Å². The Kier molecular flexibility index (Phi) is 5.36. The fourth-order valence-electron chi connectivity index (χ4n) is 2.58. The van der Waals surface area contributed by atoms with Crippen LogP contribution in [0.2, 0.25) is 8.67 Å². The number of carbonyl (C=O) groups excluding carboxylic acids is 1. The summed E-state index contributed by atoms with van der Waals surface area (Å²) in [6.45, 7) is 0.544. The average molecular weight is 423 g/mol. The molecule has 2 heterocycles. The molecule has 1 amide bonds. The molecule has 0 spiro atoms. The van der Waals surface area contributed by atoms with Gasteiger partial charge in [0.25, 0.3) is 5.91 Å². The summed E-state index contributed by atoms with van der Waals surface area (Å²) in [5.41, 5.74) is 0.307. The summed E-state index contributed by atoms with van der Waals surface area (Å²) in [5.74, 6) is -1.09. The molecule has 0 aliphatic carbocycles. The van der Waals surface area contributed by atoms with Crippen LogP contribution in [-0.2, 0) is 10.0 Å². The molecule has 25 heavy (non-hydrogen) atoms. The first kappa shape index (κ1) is 18.6. The summed E-state index contributed by atoms with van der Waals surface area (Å²) in [7, 11) is -3.94. The maximum absolute atomic E-state index is 13.8. The summed E-state index contributed by atoms with van der Waals surface area (Å²) >= 11 is 13.0. The Balaban J connectivity index is 1.73. The van der Waals surface area contributed by atoms with E-state index in [9.17, 15) is 17.6 Å². The molecule has 1 aliphatic rings. The number of amides is 1. The van der Waals surface area contributed by atoms with Gasteiger partial charge in [-0.1, -0.05) is 35.3 Å². The fourth-order valence-corrected chi connectivity index (χ4v) is 5.52. The first-order valence-corrected chi connectivity index (χ1v) is 10.3. The molecule has 0 bridgehead atoms. The molecule has 1 saturated heterocycles. The van der Waals surface area contributed by atoms with Gasteiger partial charge in [0, 0.05) is 26.2 Å². The molecule has 0 radical (unpaired) electrons. The summed E-state index contributed by atoms with van der Waals surface area (Å²) < 4.78 is 40.8. The van der Waals surface area contributed by atoms with Crippen molar-refractivity contribution in [2.24, 2.45) is 0 Å². The molecular weight excluding hydrogens is 410 g/mol. The number of benzene rings is 1. The number of hydrogen-bond acceptors (Lipinski definition) is 4. The number of carbonyl (C=O) groups is 1. The second-order valence-electron chi connectivity index (χ2n) is 5.36.